The van der Waals surface area contributed by atoms with Gasteiger partial charge in [0.1, 0.15) is 6.61 Å². The van der Waals surface area contributed by atoms with Crippen molar-refractivity contribution in [2.24, 2.45) is 11.8 Å². The third-order valence-electron chi connectivity index (χ3n) is 2.56. The monoisotopic (exact) mass is 338 g/mol. The minimum absolute atomic E-state index is 0.0219. The maximum Gasteiger partial charge on any atom is 0.301 e. The summed E-state index contributed by atoms with van der Waals surface area (Å²) in [5.74, 6) is -1.03. The first-order chi connectivity index (χ1) is 10.2. The van der Waals surface area contributed by atoms with Crippen LogP contribution in [0.3, 0.4) is 0 Å². The number of Topliss-reactive ketones (excluding diaryl/α,β-unsaturated/α-hetero) is 1. The molecule has 0 saturated carbocycles. The van der Waals surface area contributed by atoms with Crippen molar-refractivity contribution in [3.05, 3.63) is 0 Å². The van der Waals surface area contributed by atoms with Crippen molar-refractivity contribution in [1.29, 1.82) is 0 Å². The third kappa shape index (κ3) is 10.7. The lowest BCUT2D eigenvalue weighted by Gasteiger charge is -2.10. The molecule has 0 aliphatic heterocycles. The second kappa shape index (κ2) is 10.7. The van der Waals surface area contributed by atoms with E-state index in [1.54, 1.807) is 27.7 Å². The predicted molar refractivity (Wildman–Crippen MR) is 81.4 cm³/mol. The summed E-state index contributed by atoms with van der Waals surface area (Å²) in [6.45, 7) is 7.52. The van der Waals surface area contributed by atoms with Crippen LogP contribution in [0.1, 0.15) is 27.7 Å². The Morgan fingerprint density at radius 1 is 0.955 bits per heavy atom. The Bertz CT molecular complexity index is 447. The molecule has 22 heavy (non-hydrogen) atoms. The molecular weight excluding hydrogens is 312 g/mol. The molecule has 0 saturated heterocycles. The van der Waals surface area contributed by atoms with Crippen molar-refractivity contribution in [2.75, 3.05) is 33.0 Å². The quantitative estimate of drug-likeness (QED) is 0.479. The summed E-state index contributed by atoms with van der Waals surface area (Å²) < 4.78 is 37.3. The molecule has 0 aliphatic rings. The number of nitrogens with one attached hydrogen (secondary N) is 2. The number of ether oxygens (including phenoxy) is 2. The number of carbonyl (C=O) groups excluding carboxylic acids is 2. The molecule has 0 unspecified atom stereocenters. The van der Waals surface area contributed by atoms with Crippen LogP contribution in [-0.4, -0.2) is 53.1 Å². The zero-order valence-corrected chi connectivity index (χ0v) is 14.4. The highest BCUT2D eigenvalue weighted by Crippen LogP contribution is 1.94. The lowest BCUT2D eigenvalue weighted by molar-refractivity contribution is -0.127. The van der Waals surface area contributed by atoms with Gasteiger partial charge in [-0.05, 0) is 0 Å². The van der Waals surface area contributed by atoms with Crippen LogP contribution in [0, 0.1) is 11.8 Å². The molecule has 0 aromatic carbocycles. The summed E-state index contributed by atoms with van der Waals surface area (Å²) in [4.78, 5) is 22.5. The smallest absolute Gasteiger partial charge is 0.301 e. The van der Waals surface area contributed by atoms with Crippen LogP contribution < -0.4 is 9.44 Å². The molecule has 0 spiro atoms. The van der Waals surface area contributed by atoms with Crippen molar-refractivity contribution in [3.63, 3.8) is 0 Å². The average molecular weight is 338 g/mol. The minimum atomic E-state index is -3.85. The summed E-state index contributed by atoms with van der Waals surface area (Å²) in [6.07, 6.45) is 0. The Balaban J connectivity index is 3.65. The van der Waals surface area contributed by atoms with E-state index in [9.17, 15) is 18.0 Å². The number of hydrogen-bond donors (Lipinski definition) is 2. The standard InChI is InChI=1S/C13H26N2O6S/c1-10(2)12(16)9-21-8-7-20-6-5-14-22(18,19)15-13(17)11(3)4/h10-11,14H,5-9H2,1-4H3,(H,15,17). The van der Waals surface area contributed by atoms with Crippen molar-refractivity contribution in [1.82, 2.24) is 9.44 Å². The molecule has 0 aliphatic carbocycles. The maximum absolute atomic E-state index is 11.5. The zero-order chi connectivity index (χ0) is 17.2. The van der Waals surface area contributed by atoms with Crippen LogP contribution in [-0.2, 0) is 29.3 Å². The van der Waals surface area contributed by atoms with Crippen molar-refractivity contribution < 1.29 is 27.5 Å². The van der Waals surface area contributed by atoms with Crippen LogP contribution in [0.25, 0.3) is 0 Å². The van der Waals surface area contributed by atoms with E-state index in [0.717, 1.165) is 0 Å². The zero-order valence-electron chi connectivity index (χ0n) is 13.5. The average Bonchev–Trinajstić information content (AvgIpc) is 2.40. The van der Waals surface area contributed by atoms with E-state index in [1.165, 1.54) is 0 Å². The summed E-state index contributed by atoms with van der Waals surface area (Å²) in [7, 11) is -3.85. The van der Waals surface area contributed by atoms with Gasteiger partial charge in [-0.2, -0.15) is 13.1 Å². The third-order valence-corrected chi connectivity index (χ3v) is 3.61. The van der Waals surface area contributed by atoms with Gasteiger partial charge in [-0.15, -0.1) is 0 Å². The summed E-state index contributed by atoms with van der Waals surface area (Å²) in [5, 5.41) is 0. The van der Waals surface area contributed by atoms with E-state index < -0.39 is 22.0 Å². The lowest BCUT2D eigenvalue weighted by Crippen LogP contribution is -2.43. The van der Waals surface area contributed by atoms with Crippen molar-refractivity contribution in [3.8, 4) is 0 Å². The SMILES string of the molecule is CC(C)C(=O)COCCOCCNS(=O)(=O)NC(=O)C(C)C. The van der Waals surface area contributed by atoms with Crippen LogP contribution in [0.15, 0.2) is 0 Å². The largest absolute Gasteiger partial charge is 0.378 e. The highest BCUT2D eigenvalue weighted by molar-refractivity contribution is 7.88. The first-order valence-electron chi connectivity index (χ1n) is 7.15. The number of amides is 1. The molecule has 0 aromatic heterocycles. The van der Waals surface area contributed by atoms with Gasteiger partial charge in [0.2, 0.25) is 5.91 Å². The van der Waals surface area contributed by atoms with Gasteiger partial charge in [-0.1, -0.05) is 27.7 Å². The maximum atomic E-state index is 11.5. The molecule has 0 rings (SSSR count). The Morgan fingerprint density at radius 3 is 2.09 bits per heavy atom. The molecule has 2 N–H and O–H groups in total. The Labute approximate surface area is 132 Å². The van der Waals surface area contributed by atoms with E-state index in [2.05, 4.69) is 4.72 Å². The summed E-state index contributed by atoms with van der Waals surface area (Å²) >= 11 is 0. The Morgan fingerprint density at radius 2 is 1.55 bits per heavy atom. The van der Waals surface area contributed by atoms with Gasteiger partial charge in [-0.25, -0.2) is 4.72 Å². The first kappa shape index (κ1) is 21.0. The van der Waals surface area contributed by atoms with Gasteiger partial charge in [0.25, 0.3) is 0 Å². The molecule has 1 amide bonds. The molecule has 0 bridgehead atoms. The highest BCUT2D eigenvalue weighted by atomic mass is 32.2. The van der Waals surface area contributed by atoms with E-state index in [4.69, 9.17) is 9.47 Å². The fourth-order valence-corrected chi connectivity index (χ4v) is 2.02. The van der Waals surface area contributed by atoms with Gasteiger partial charge in [0.05, 0.1) is 19.8 Å². The molecule has 0 fully saturated rings. The minimum Gasteiger partial charge on any atom is -0.378 e. The lowest BCUT2D eigenvalue weighted by atomic mass is 10.1. The van der Waals surface area contributed by atoms with Gasteiger partial charge in [0, 0.05) is 18.4 Å². The highest BCUT2D eigenvalue weighted by Gasteiger charge is 2.15. The van der Waals surface area contributed by atoms with Crippen molar-refractivity contribution >= 4 is 21.9 Å². The first-order valence-corrected chi connectivity index (χ1v) is 8.63. The second-order valence-corrected chi connectivity index (χ2v) is 6.80. The molecule has 9 heteroatoms. The second-order valence-electron chi connectivity index (χ2n) is 5.30. The van der Waals surface area contributed by atoms with Crippen LogP contribution in [0.4, 0.5) is 0 Å². The summed E-state index contributed by atoms with van der Waals surface area (Å²) in [6, 6.07) is 0. The van der Waals surface area contributed by atoms with Gasteiger partial charge in [0.15, 0.2) is 5.78 Å². The molecule has 0 aromatic rings. The normalized spacial score (nSPS) is 11.9. The molecular formula is C13H26N2O6S. The number of ketones is 1. The fraction of sp³-hybridized carbons (Fsp3) is 0.846. The van der Waals surface area contributed by atoms with E-state index in [-0.39, 0.29) is 44.7 Å². The van der Waals surface area contributed by atoms with Crippen LogP contribution in [0.5, 0.6) is 0 Å². The van der Waals surface area contributed by atoms with Gasteiger partial charge >= 0.3 is 10.2 Å². The number of hydrogen-bond acceptors (Lipinski definition) is 6. The van der Waals surface area contributed by atoms with Gasteiger partial charge < -0.3 is 9.47 Å². The number of carbonyl (C=O) groups is 2. The molecule has 130 valence electrons. The molecule has 0 atom stereocenters. The van der Waals surface area contributed by atoms with E-state index in [1.807, 2.05) is 4.72 Å². The molecule has 8 nitrogen and oxygen atoms in total. The topological polar surface area (TPSA) is 111 Å². The number of rotatable bonds is 12. The van der Waals surface area contributed by atoms with Crippen LogP contribution >= 0.6 is 0 Å². The molecule has 0 radical (unpaired) electrons. The van der Waals surface area contributed by atoms with Crippen molar-refractivity contribution in [2.45, 2.75) is 27.7 Å². The van der Waals surface area contributed by atoms with Gasteiger partial charge in [-0.3, -0.25) is 9.59 Å². The summed E-state index contributed by atoms with van der Waals surface area (Å²) in [5.41, 5.74) is 0. The Kier molecular flexibility index (Phi) is 10.2. The van der Waals surface area contributed by atoms with E-state index in [0.29, 0.717) is 0 Å². The fourth-order valence-electron chi connectivity index (χ4n) is 1.09. The molecule has 0 heterocycles. The predicted octanol–water partition coefficient (Wildman–Crippen LogP) is -0.149. The van der Waals surface area contributed by atoms with Crippen LogP contribution in [0.2, 0.25) is 0 Å². The van der Waals surface area contributed by atoms with E-state index >= 15 is 0 Å². The Hall–Kier alpha value is -1.03.